The molecule has 0 bridgehead atoms. The molecule has 0 radical (unpaired) electrons. The molecule has 156 valence electrons. The summed E-state index contributed by atoms with van der Waals surface area (Å²) in [5.41, 5.74) is 1.37. The van der Waals surface area contributed by atoms with Crippen molar-refractivity contribution in [3.8, 4) is 11.4 Å². The van der Waals surface area contributed by atoms with Crippen LogP contribution in [0, 0.1) is 0 Å². The zero-order chi connectivity index (χ0) is 21.0. The Balaban J connectivity index is 1.43. The predicted molar refractivity (Wildman–Crippen MR) is 105 cm³/mol. The zero-order valence-corrected chi connectivity index (χ0v) is 16.7. The van der Waals surface area contributed by atoms with Gasteiger partial charge in [0, 0.05) is 37.6 Å². The monoisotopic (exact) mass is 429 g/mol. The van der Waals surface area contributed by atoms with Gasteiger partial charge in [-0.2, -0.15) is 9.29 Å². The molecule has 3 heterocycles. The summed E-state index contributed by atoms with van der Waals surface area (Å²) in [7, 11) is -3.58. The first-order valence-electron chi connectivity index (χ1n) is 9.23. The van der Waals surface area contributed by atoms with Gasteiger partial charge >= 0.3 is 11.8 Å². The molecule has 0 unspecified atom stereocenters. The number of aromatic nitrogens is 3. The van der Waals surface area contributed by atoms with Crippen molar-refractivity contribution in [1.82, 2.24) is 24.7 Å². The van der Waals surface area contributed by atoms with Gasteiger partial charge in [0.15, 0.2) is 0 Å². The Kier molecular flexibility index (Phi) is 5.84. The highest BCUT2D eigenvalue weighted by Gasteiger charge is 2.26. The summed E-state index contributed by atoms with van der Waals surface area (Å²) in [5, 5.41) is 6.48. The van der Waals surface area contributed by atoms with Crippen molar-refractivity contribution >= 4 is 15.9 Å². The molecule has 10 nitrogen and oxygen atoms in total. The normalized spacial score (nSPS) is 15.1. The van der Waals surface area contributed by atoms with Gasteiger partial charge in [-0.15, -0.1) is 0 Å². The summed E-state index contributed by atoms with van der Waals surface area (Å²) in [6.45, 7) is 1.69. The number of benzene rings is 1. The number of carbonyl (C=O) groups excluding carboxylic acids is 1. The van der Waals surface area contributed by atoms with Crippen molar-refractivity contribution in [1.29, 1.82) is 0 Å². The molecule has 1 amide bonds. The number of amides is 1. The second kappa shape index (κ2) is 8.69. The molecule has 1 aliphatic rings. The second-order valence-corrected chi connectivity index (χ2v) is 8.45. The zero-order valence-electron chi connectivity index (χ0n) is 15.9. The third-order valence-corrected chi connectivity index (χ3v) is 6.43. The van der Waals surface area contributed by atoms with Gasteiger partial charge in [-0.25, -0.2) is 8.42 Å². The molecule has 1 saturated heterocycles. The fraction of sp³-hybridized carbons (Fsp3) is 0.263. The molecule has 2 aromatic heterocycles. The average Bonchev–Trinajstić information content (AvgIpc) is 3.29. The van der Waals surface area contributed by atoms with Crippen LogP contribution in [0.1, 0.15) is 16.2 Å². The molecular weight excluding hydrogens is 410 g/mol. The van der Waals surface area contributed by atoms with Crippen molar-refractivity contribution < 1.29 is 22.5 Å². The summed E-state index contributed by atoms with van der Waals surface area (Å²) in [5.74, 6) is -0.500. The standard InChI is InChI=1S/C19H19N5O5S/c25-18(21-13-14-2-1-7-20-12-14)19-22-17(23-29-19)15-3-5-16(6-4-15)30(26,27)24-8-10-28-11-9-24/h1-7,12H,8-11,13H2,(H,21,25). The molecule has 1 fully saturated rings. The summed E-state index contributed by atoms with van der Waals surface area (Å²) in [6, 6.07) is 9.73. The van der Waals surface area contributed by atoms with Gasteiger partial charge in [-0.3, -0.25) is 9.78 Å². The summed E-state index contributed by atoms with van der Waals surface area (Å²) in [6.07, 6.45) is 3.29. The van der Waals surface area contributed by atoms with E-state index >= 15 is 0 Å². The van der Waals surface area contributed by atoms with Crippen molar-refractivity contribution in [3.63, 3.8) is 0 Å². The van der Waals surface area contributed by atoms with Crippen LogP contribution >= 0.6 is 0 Å². The Morgan fingerprint density at radius 2 is 1.90 bits per heavy atom. The minimum atomic E-state index is -3.58. The minimum Gasteiger partial charge on any atom is -0.379 e. The van der Waals surface area contributed by atoms with E-state index in [1.54, 1.807) is 30.6 Å². The molecule has 0 aliphatic carbocycles. The van der Waals surface area contributed by atoms with Gasteiger partial charge in [0.1, 0.15) is 0 Å². The number of carbonyl (C=O) groups is 1. The first kappa shape index (κ1) is 20.1. The molecule has 4 rings (SSSR count). The highest BCUT2D eigenvalue weighted by atomic mass is 32.2. The Morgan fingerprint density at radius 3 is 2.60 bits per heavy atom. The maximum absolute atomic E-state index is 12.7. The number of hydrogen-bond acceptors (Lipinski definition) is 8. The molecule has 0 atom stereocenters. The van der Waals surface area contributed by atoms with Gasteiger partial charge in [0.25, 0.3) is 0 Å². The van der Waals surface area contributed by atoms with Gasteiger partial charge in [0.05, 0.1) is 18.1 Å². The minimum absolute atomic E-state index is 0.172. The lowest BCUT2D eigenvalue weighted by molar-refractivity contribution is 0.0730. The fourth-order valence-electron chi connectivity index (χ4n) is 2.91. The van der Waals surface area contributed by atoms with E-state index in [0.717, 1.165) is 5.56 Å². The number of ether oxygens (including phenoxy) is 1. The smallest absolute Gasteiger partial charge is 0.316 e. The first-order chi connectivity index (χ1) is 14.5. The van der Waals surface area contributed by atoms with E-state index in [0.29, 0.717) is 31.9 Å². The summed E-state index contributed by atoms with van der Waals surface area (Å²) < 4.78 is 37.0. The van der Waals surface area contributed by atoms with Crippen molar-refractivity contribution in [2.75, 3.05) is 26.3 Å². The van der Waals surface area contributed by atoms with Crippen molar-refractivity contribution in [2.45, 2.75) is 11.4 Å². The third-order valence-electron chi connectivity index (χ3n) is 4.52. The average molecular weight is 429 g/mol. The van der Waals surface area contributed by atoms with Gasteiger partial charge < -0.3 is 14.6 Å². The van der Waals surface area contributed by atoms with Crippen LogP contribution in [-0.2, 0) is 21.3 Å². The predicted octanol–water partition coefficient (Wildman–Crippen LogP) is 1.08. The van der Waals surface area contributed by atoms with Crippen molar-refractivity contribution in [2.24, 2.45) is 0 Å². The Bertz CT molecular complexity index is 1110. The van der Waals surface area contributed by atoms with E-state index in [-0.39, 0.29) is 23.2 Å². The number of nitrogens with one attached hydrogen (secondary N) is 1. The van der Waals surface area contributed by atoms with Gasteiger partial charge in [-0.1, -0.05) is 11.2 Å². The molecular formula is C19H19N5O5S. The molecule has 0 saturated carbocycles. The number of rotatable bonds is 6. The number of pyridine rings is 1. The Labute approximate surface area is 172 Å². The van der Waals surface area contributed by atoms with Crippen LogP contribution < -0.4 is 5.32 Å². The third kappa shape index (κ3) is 4.37. The number of morpholine rings is 1. The van der Waals surface area contributed by atoms with E-state index in [9.17, 15) is 13.2 Å². The fourth-order valence-corrected chi connectivity index (χ4v) is 4.31. The molecule has 3 aromatic rings. The molecule has 11 heteroatoms. The van der Waals surface area contributed by atoms with Crippen molar-refractivity contribution in [3.05, 3.63) is 60.2 Å². The summed E-state index contributed by atoms with van der Waals surface area (Å²) >= 11 is 0. The molecule has 1 aromatic carbocycles. The number of hydrogen-bond donors (Lipinski definition) is 1. The van der Waals surface area contributed by atoms with E-state index < -0.39 is 15.9 Å². The van der Waals surface area contributed by atoms with E-state index in [1.807, 2.05) is 6.07 Å². The highest BCUT2D eigenvalue weighted by molar-refractivity contribution is 7.89. The number of sulfonamides is 1. The van der Waals surface area contributed by atoms with E-state index in [4.69, 9.17) is 9.26 Å². The van der Waals surface area contributed by atoms with E-state index in [2.05, 4.69) is 20.4 Å². The van der Waals surface area contributed by atoms with Crippen LogP contribution in [0.5, 0.6) is 0 Å². The number of nitrogens with zero attached hydrogens (tertiary/aromatic N) is 4. The highest BCUT2D eigenvalue weighted by Crippen LogP contribution is 2.22. The topological polar surface area (TPSA) is 128 Å². The Hall–Kier alpha value is -3.15. The quantitative estimate of drug-likeness (QED) is 0.617. The van der Waals surface area contributed by atoms with Crippen LogP contribution in [0.25, 0.3) is 11.4 Å². The maximum atomic E-state index is 12.7. The molecule has 1 aliphatic heterocycles. The van der Waals surface area contributed by atoms with Crippen LogP contribution in [0.15, 0.2) is 58.2 Å². The summed E-state index contributed by atoms with van der Waals surface area (Å²) in [4.78, 5) is 20.4. The molecule has 30 heavy (non-hydrogen) atoms. The largest absolute Gasteiger partial charge is 0.379 e. The van der Waals surface area contributed by atoms with E-state index in [1.165, 1.54) is 16.4 Å². The van der Waals surface area contributed by atoms with Gasteiger partial charge in [0.2, 0.25) is 15.8 Å². The maximum Gasteiger partial charge on any atom is 0.316 e. The van der Waals surface area contributed by atoms with Gasteiger partial charge in [-0.05, 0) is 35.9 Å². The SMILES string of the molecule is O=C(NCc1cccnc1)c1nc(-c2ccc(S(=O)(=O)N3CCOCC3)cc2)no1. The van der Waals surface area contributed by atoms with Crippen LogP contribution in [0.3, 0.4) is 0 Å². The lowest BCUT2D eigenvalue weighted by Gasteiger charge is -2.26. The van der Waals surface area contributed by atoms with Crippen LogP contribution in [0.4, 0.5) is 0 Å². The second-order valence-electron chi connectivity index (χ2n) is 6.51. The molecule has 1 N–H and O–H groups in total. The molecule has 0 spiro atoms. The lowest BCUT2D eigenvalue weighted by atomic mass is 10.2. The Morgan fingerprint density at radius 1 is 1.13 bits per heavy atom. The lowest BCUT2D eigenvalue weighted by Crippen LogP contribution is -2.40. The van der Waals surface area contributed by atoms with Crippen LogP contribution in [-0.4, -0.2) is 60.1 Å². The first-order valence-corrected chi connectivity index (χ1v) is 10.7. The van der Waals surface area contributed by atoms with Crippen LogP contribution in [0.2, 0.25) is 0 Å².